The molecular formula is C15H30O3. The second kappa shape index (κ2) is 11.5. The van der Waals surface area contributed by atoms with E-state index >= 15 is 0 Å². The average molecular weight is 258 g/mol. The first-order valence-corrected chi connectivity index (χ1v) is 7.45. The number of rotatable bonds is 11. The van der Waals surface area contributed by atoms with Crippen molar-refractivity contribution in [3.63, 3.8) is 0 Å². The Hall–Kier alpha value is -0.570. The summed E-state index contributed by atoms with van der Waals surface area (Å²) < 4.78 is 4.99. The highest BCUT2D eigenvalue weighted by Crippen LogP contribution is 2.17. The number of esters is 1. The fraction of sp³-hybridized carbons (Fsp3) is 0.933. The van der Waals surface area contributed by atoms with Crippen LogP contribution in [0.4, 0.5) is 0 Å². The van der Waals surface area contributed by atoms with E-state index in [1.165, 1.54) is 19.3 Å². The molecule has 0 aliphatic heterocycles. The third-order valence-corrected chi connectivity index (χ3v) is 3.27. The van der Waals surface area contributed by atoms with E-state index in [9.17, 15) is 9.90 Å². The maximum atomic E-state index is 11.3. The SMILES string of the molecule is CCCCCC(C)C(O)CCCC(=O)OCCC. The molecule has 0 aliphatic rings. The zero-order valence-electron chi connectivity index (χ0n) is 12.3. The van der Waals surface area contributed by atoms with E-state index < -0.39 is 0 Å². The molecule has 2 unspecified atom stereocenters. The molecule has 0 fully saturated rings. The number of hydrogen-bond donors (Lipinski definition) is 1. The minimum atomic E-state index is -0.277. The summed E-state index contributed by atoms with van der Waals surface area (Å²) in [6.07, 6.45) is 7.16. The van der Waals surface area contributed by atoms with Gasteiger partial charge in [-0.2, -0.15) is 0 Å². The Morgan fingerprint density at radius 2 is 1.83 bits per heavy atom. The van der Waals surface area contributed by atoms with E-state index in [0.717, 1.165) is 19.3 Å². The number of hydrogen-bond acceptors (Lipinski definition) is 3. The normalized spacial score (nSPS) is 14.2. The lowest BCUT2D eigenvalue weighted by molar-refractivity contribution is -0.143. The van der Waals surface area contributed by atoms with Crippen LogP contribution in [0.3, 0.4) is 0 Å². The molecule has 0 spiro atoms. The Morgan fingerprint density at radius 3 is 2.44 bits per heavy atom. The van der Waals surface area contributed by atoms with Crippen LogP contribution in [0.25, 0.3) is 0 Å². The Labute approximate surface area is 112 Å². The second-order valence-corrected chi connectivity index (χ2v) is 5.15. The Kier molecular flexibility index (Phi) is 11.2. The monoisotopic (exact) mass is 258 g/mol. The molecule has 0 aromatic rings. The maximum absolute atomic E-state index is 11.3. The summed E-state index contributed by atoms with van der Waals surface area (Å²) in [7, 11) is 0. The molecular weight excluding hydrogens is 228 g/mol. The molecule has 18 heavy (non-hydrogen) atoms. The van der Waals surface area contributed by atoms with Crippen LogP contribution < -0.4 is 0 Å². The Bertz CT molecular complexity index is 204. The number of carbonyl (C=O) groups excluding carboxylic acids is 1. The fourth-order valence-electron chi connectivity index (χ4n) is 1.94. The van der Waals surface area contributed by atoms with Crippen molar-refractivity contribution < 1.29 is 14.6 Å². The molecule has 3 nitrogen and oxygen atoms in total. The highest BCUT2D eigenvalue weighted by Gasteiger charge is 2.14. The van der Waals surface area contributed by atoms with E-state index in [1.807, 2.05) is 6.92 Å². The third-order valence-electron chi connectivity index (χ3n) is 3.27. The van der Waals surface area contributed by atoms with Crippen molar-refractivity contribution >= 4 is 5.97 Å². The third kappa shape index (κ3) is 9.46. The van der Waals surface area contributed by atoms with Gasteiger partial charge in [-0.05, 0) is 31.6 Å². The quantitative estimate of drug-likeness (QED) is 0.454. The Balaban J connectivity index is 3.56. The van der Waals surface area contributed by atoms with Crippen molar-refractivity contribution in [2.75, 3.05) is 6.61 Å². The minimum Gasteiger partial charge on any atom is -0.466 e. The molecule has 108 valence electrons. The molecule has 0 saturated heterocycles. The van der Waals surface area contributed by atoms with Crippen molar-refractivity contribution in [1.29, 1.82) is 0 Å². The van der Waals surface area contributed by atoms with E-state index in [-0.39, 0.29) is 12.1 Å². The van der Waals surface area contributed by atoms with Gasteiger partial charge in [0.1, 0.15) is 0 Å². The number of ether oxygens (including phenoxy) is 1. The van der Waals surface area contributed by atoms with Gasteiger partial charge >= 0.3 is 5.97 Å². The van der Waals surface area contributed by atoms with Crippen LogP contribution in [0.2, 0.25) is 0 Å². The van der Waals surface area contributed by atoms with Gasteiger partial charge in [0.2, 0.25) is 0 Å². The van der Waals surface area contributed by atoms with Crippen LogP contribution in [0.15, 0.2) is 0 Å². The highest BCUT2D eigenvalue weighted by atomic mass is 16.5. The molecule has 0 bridgehead atoms. The molecule has 1 N–H and O–H groups in total. The van der Waals surface area contributed by atoms with E-state index in [4.69, 9.17) is 4.74 Å². The van der Waals surface area contributed by atoms with E-state index in [1.54, 1.807) is 0 Å². The van der Waals surface area contributed by atoms with Gasteiger partial charge in [0.05, 0.1) is 12.7 Å². The summed E-state index contributed by atoms with van der Waals surface area (Å²) in [6.45, 7) is 6.77. The molecule has 0 aliphatic carbocycles. The van der Waals surface area contributed by atoms with Crippen LogP contribution in [-0.2, 0) is 9.53 Å². The maximum Gasteiger partial charge on any atom is 0.305 e. The van der Waals surface area contributed by atoms with Gasteiger partial charge < -0.3 is 9.84 Å². The molecule has 3 heteroatoms. The lowest BCUT2D eigenvalue weighted by Gasteiger charge is -2.18. The van der Waals surface area contributed by atoms with Crippen molar-refractivity contribution in [1.82, 2.24) is 0 Å². The molecule has 0 saturated carbocycles. The lowest BCUT2D eigenvalue weighted by Crippen LogP contribution is -2.18. The minimum absolute atomic E-state index is 0.136. The van der Waals surface area contributed by atoms with E-state index in [0.29, 0.717) is 25.4 Å². The van der Waals surface area contributed by atoms with Gasteiger partial charge in [0.15, 0.2) is 0 Å². The zero-order chi connectivity index (χ0) is 13.8. The molecule has 2 atom stereocenters. The Morgan fingerprint density at radius 1 is 1.11 bits per heavy atom. The molecule has 0 rings (SSSR count). The van der Waals surface area contributed by atoms with Gasteiger partial charge in [0, 0.05) is 6.42 Å². The largest absolute Gasteiger partial charge is 0.466 e. The van der Waals surface area contributed by atoms with Crippen LogP contribution in [-0.4, -0.2) is 23.8 Å². The molecule has 0 amide bonds. The van der Waals surface area contributed by atoms with Crippen molar-refractivity contribution in [2.24, 2.45) is 5.92 Å². The average Bonchev–Trinajstić information content (AvgIpc) is 2.36. The molecule has 0 aromatic heterocycles. The van der Waals surface area contributed by atoms with Crippen LogP contribution >= 0.6 is 0 Å². The smallest absolute Gasteiger partial charge is 0.305 e. The predicted octanol–water partition coefficient (Wildman–Crippen LogP) is 3.69. The number of aliphatic hydroxyl groups is 1. The number of carbonyl (C=O) groups is 1. The fourth-order valence-corrected chi connectivity index (χ4v) is 1.94. The number of unbranched alkanes of at least 4 members (excludes halogenated alkanes) is 2. The topological polar surface area (TPSA) is 46.5 Å². The highest BCUT2D eigenvalue weighted by molar-refractivity contribution is 5.69. The van der Waals surface area contributed by atoms with Gasteiger partial charge in [-0.25, -0.2) is 0 Å². The summed E-state index contributed by atoms with van der Waals surface area (Å²) in [4.78, 5) is 11.3. The molecule has 0 heterocycles. The molecule has 0 radical (unpaired) electrons. The summed E-state index contributed by atoms with van der Waals surface area (Å²) in [6, 6.07) is 0. The van der Waals surface area contributed by atoms with Gasteiger partial charge in [-0.15, -0.1) is 0 Å². The first-order valence-electron chi connectivity index (χ1n) is 7.45. The number of aliphatic hydroxyl groups excluding tert-OH is 1. The summed E-state index contributed by atoms with van der Waals surface area (Å²) in [5, 5.41) is 9.95. The van der Waals surface area contributed by atoms with E-state index in [2.05, 4.69) is 13.8 Å². The van der Waals surface area contributed by atoms with Gasteiger partial charge in [-0.3, -0.25) is 4.79 Å². The summed E-state index contributed by atoms with van der Waals surface area (Å²) >= 11 is 0. The first-order chi connectivity index (χ1) is 8.61. The van der Waals surface area contributed by atoms with Gasteiger partial charge in [0.25, 0.3) is 0 Å². The summed E-state index contributed by atoms with van der Waals surface area (Å²) in [5.74, 6) is 0.200. The molecule has 0 aromatic carbocycles. The summed E-state index contributed by atoms with van der Waals surface area (Å²) in [5.41, 5.74) is 0. The lowest BCUT2D eigenvalue weighted by atomic mass is 9.94. The predicted molar refractivity (Wildman–Crippen MR) is 74.4 cm³/mol. The van der Waals surface area contributed by atoms with Crippen LogP contribution in [0.5, 0.6) is 0 Å². The van der Waals surface area contributed by atoms with Gasteiger partial charge in [-0.1, -0.05) is 40.0 Å². The second-order valence-electron chi connectivity index (χ2n) is 5.15. The first kappa shape index (κ1) is 17.4. The van der Waals surface area contributed by atoms with Crippen molar-refractivity contribution in [3.8, 4) is 0 Å². The van der Waals surface area contributed by atoms with Crippen molar-refractivity contribution in [2.45, 2.75) is 78.2 Å². The van der Waals surface area contributed by atoms with Crippen LogP contribution in [0.1, 0.15) is 72.1 Å². The van der Waals surface area contributed by atoms with Crippen molar-refractivity contribution in [3.05, 3.63) is 0 Å². The standard InChI is InChI=1S/C15H30O3/c1-4-6-7-9-13(3)14(16)10-8-11-15(17)18-12-5-2/h13-14,16H,4-12H2,1-3H3. The zero-order valence-corrected chi connectivity index (χ0v) is 12.3. The van der Waals surface area contributed by atoms with Crippen LogP contribution in [0, 0.1) is 5.92 Å².